The van der Waals surface area contributed by atoms with Gasteiger partial charge in [0.2, 0.25) is 0 Å². The molecule has 138 valence electrons. The largest absolute Gasteiger partial charge is 0.497 e. The maximum absolute atomic E-state index is 5.18. The summed E-state index contributed by atoms with van der Waals surface area (Å²) in [4.78, 5) is 10.4. The molecule has 2 rings (SSSR count). The van der Waals surface area contributed by atoms with E-state index in [9.17, 15) is 0 Å². The number of rotatable bonds is 7. The van der Waals surface area contributed by atoms with E-state index in [1.54, 1.807) is 18.4 Å². The number of aromatic nitrogens is 1. The van der Waals surface area contributed by atoms with Gasteiger partial charge >= 0.3 is 0 Å². The summed E-state index contributed by atoms with van der Waals surface area (Å²) < 4.78 is 5.18. The van der Waals surface area contributed by atoms with Gasteiger partial charge in [-0.05, 0) is 44.9 Å². The van der Waals surface area contributed by atoms with E-state index in [1.165, 1.54) is 10.4 Å². The van der Waals surface area contributed by atoms with E-state index >= 15 is 0 Å². The quantitative estimate of drug-likeness (QED) is 0.365. The molecule has 25 heavy (non-hydrogen) atoms. The summed E-state index contributed by atoms with van der Waals surface area (Å²) in [6.07, 6.45) is 0.934. The van der Waals surface area contributed by atoms with E-state index in [-0.39, 0.29) is 24.0 Å². The normalized spacial score (nSPS) is 11.0. The standard InChI is InChI=1S/C18H26N4OS.HI/c1-5-19-18(21-12-17-22-13(2)14(3)24-17)20-11-10-15-6-8-16(23-4)9-7-15;/h6-9H,5,10-12H2,1-4H3,(H2,19,20,21);1H. The number of nitrogens with one attached hydrogen (secondary N) is 2. The molecule has 0 saturated heterocycles. The van der Waals surface area contributed by atoms with Crippen LogP contribution in [0.5, 0.6) is 5.75 Å². The van der Waals surface area contributed by atoms with E-state index in [2.05, 4.69) is 46.6 Å². The van der Waals surface area contributed by atoms with E-state index in [4.69, 9.17) is 4.74 Å². The molecule has 0 spiro atoms. The van der Waals surface area contributed by atoms with Gasteiger partial charge in [0.25, 0.3) is 0 Å². The molecule has 2 N–H and O–H groups in total. The summed E-state index contributed by atoms with van der Waals surface area (Å²) in [5.41, 5.74) is 2.37. The second kappa shape index (κ2) is 11.3. The number of benzene rings is 1. The van der Waals surface area contributed by atoms with Gasteiger partial charge in [-0.3, -0.25) is 0 Å². The zero-order chi connectivity index (χ0) is 17.4. The van der Waals surface area contributed by atoms with Gasteiger partial charge in [-0.1, -0.05) is 12.1 Å². The highest BCUT2D eigenvalue weighted by Gasteiger charge is 2.04. The van der Waals surface area contributed by atoms with Crippen LogP contribution in [0.15, 0.2) is 29.3 Å². The van der Waals surface area contributed by atoms with Gasteiger partial charge in [0.05, 0.1) is 19.3 Å². The minimum atomic E-state index is 0. The predicted octanol–water partition coefficient (Wildman–Crippen LogP) is 3.68. The van der Waals surface area contributed by atoms with Crippen LogP contribution in [-0.2, 0) is 13.0 Å². The van der Waals surface area contributed by atoms with Crippen molar-refractivity contribution in [3.8, 4) is 5.75 Å². The lowest BCUT2D eigenvalue weighted by Gasteiger charge is -2.11. The number of hydrogen-bond acceptors (Lipinski definition) is 4. The molecule has 0 fully saturated rings. The van der Waals surface area contributed by atoms with Crippen molar-refractivity contribution in [2.75, 3.05) is 20.2 Å². The van der Waals surface area contributed by atoms with E-state index < -0.39 is 0 Å². The summed E-state index contributed by atoms with van der Waals surface area (Å²) in [5.74, 6) is 1.71. The summed E-state index contributed by atoms with van der Waals surface area (Å²) >= 11 is 1.71. The molecule has 7 heteroatoms. The van der Waals surface area contributed by atoms with Crippen LogP contribution in [0.1, 0.15) is 28.1 Å². The Morgan fingerprint density at radius 1 is 1.20 bits per heavy atom. The summed E-state index contributed by atoms with van der Waals surface area (Å²) in [6, 6.07) is 8.15. The highest BCUT2D eigenvalue weighted by Crippen LogP contribution is 2.17. The van der Waals surface area contributed by atoms with Gasteiger partial charge < -0.3 is 15.4 Å². The molecule has 1 heterocycles. The smallest absolute Gasteiger partial charge is 0.191 e. The molecule has 0 aliphatic rings. The second-order valence-corrected chi connectivity index (χ2v) is 6.76. The Morgan fingerprint density at radius 2 is 1.92 bits per heavy atom. The Balaban J connectivity index is 0.00000312. The van der Waals surface area contributed by atoms with Crippen molar-refractivity contribution < 1.29 is 4.74 Å². The van der Waals surface area contributed by atoms with Gasteiger partial charge in [0, 0.05) is 18.0 Å². The number of ether oxygens (including phenoxy) is 1. The molecule has 0 saturated carbocycles. The molecule has 0 atom stereocenters. The molecule has 0 aliphatic carbocycles. The van der Waals surface area contributed by atoms with Gasteiger partial charge in [0.1, 0.15) is 10.8 Å². The first-order valence-corrected chi connectivity index (χ1v) is 9.02. The first kappa shape index (κ1) is 21.7. The van der Waals surface area contributed by atoms with Crippen LogP contribution in [0.25, 0.3) is 0 Å². The van der Waals surface area contributed by atoms with Crippen molar-refractivity contribution in [2.24, 2.45) is 4.99 Å². The lowest BCUT2D eigenvalue weighted by molar-refractivity contribution is 0.414. The third kappa shape index (κ3) is 7.19. The number of guanidine groups is 1. The number of halogens is 1. The van der Waals surface area contributed by atoms with Crippen molar-refractivity contribution in [1.29, 1.82) is 0 Å². The van der Waals surface area contributed by atoms with Crippen LogP contribution in [0, 0.1) is 13.8 Å². The number of thiazole rings is 1. The summed E-state index contributed by atoms with van der Waals surface area (Å²) in [7, 11) is 1.68. The molecule has 5 nitrogen and oxygen atoms in total. The molecule has 0 radical (unpaired) electrons. The zero-order valence-corrected chi connectivity index (χ0v) is 18.4. The topological polar surface area (TPSA) is 58.5 Å². The predicted molar refractivity (Wildman–Crippen MR) is 117 cm³/mol. The van der Waals surface area contributed by atoms with Crippen molar-refractivity contribution in [3.05, 3.63) is 45.4 Å². The monoisotopic (exact) mass is 474 g/mol. The van der Waals surface area contributed by atoms with Crippen molar-refractivity contribution in [2.45, 2.75) is 33.7 Å². The zero-order valence-electron chi connectivity index (χ0n) is 15.3. The molecule has 0 aliphatic heterocycles. The van der Waals surface area contributed by atoms with Crippen LogP contribution >= 0.6 is 35.3 Å². The van der Waals surface area contributed by atoms with Crippen LogP contribution in [0.3, 0.4) is 0 Å². The lowest BCUT2D eigenvalue weighted by Crippen LogP contribution is -2.38. The van der Waals surface area contributed by atoms with E-state index in [0.717, 1.165) is 41.9 Å². The number of aryl methyl sites for hydroxylation is 2. The average molecular weight is 474 g/mol. The fourth-order valence-electron chi connectivity index (χ4n) is 2.21. The summed E-state index contributed by atoms with van der Waals surface area (Å²) in [6.45, 7) is 8.48. The van der Waals surface area contributed by atoms with Crippen LogP contribution in [0.4, 0.5) is 0 Å². The fourth-order valence-corrected chi connectivity index (χ4v) is 3.07. The van der Waals surface area contributed by atoms with Crippen molar-refractivity contribution in [1.82, 2.24) is 15.6 Å². The van der Waals surface area contributed by atoms with Gasteiger partial charge in [-0.25, -0.2) is 9.98 Å². The maximum atomic E-state index is 5.18. The molecule has 2 aromatic rings. The molecule has 1 aromatic carbocycles. The van der Waals surface area contributed by atoms with Crippen molar-refractivity contribution >= 4 is 41.3 Å². The Hall–Kier alpha value is -1.35. The Labute approximate surface area is 171 Å². The lowest BCUT2D eigenvalue weighted by atomic mass is 10.1. The van der Waals surface area contributed by atoms with Gasteiger partial charge in [-0.15, -0.1) is 35.3 Å². The fraction of sp³-hybridized carbons (Fsp3) is 0.444. The van der Waals surface area contributed by atoms with E-state index in [0.29, 0.717) is 6.54 Å². The maximum Gasteiger partial charge on any atom is 0.191 e. The minimum absolute atomic E-state index is 0. The SMILES string of the molecule is CCNC(=NCc1nc(C)c(C)s1)NCCc1ccc(OC)cc1.I. The Kier molecular flexibility index (Phi) is 9.81. The first-order valence-electron chi connectivity index (χ1n) is 8.20. The van der Waals surface area contributed by atoms with E-state index in [1.807, 2.05) is 19.1 Å². The molecule has 0 amide bonds. The number of aliphatic imine (C=N–C) groups is 1. The number of methoxy groups -OCH3 is 1. The van der Waals surface area contributed by atoms with Crippen LogP contribution < -0.4 is 15.4 Å². The highest BCUT2D eigenvalue weighted by atomic mass is 127. The van der Waals surface area contributed by atoms with Gasteiger partial charge in [0.15, 0.2) is 5.96 Å². The minimum Gasteiger partial charge on any atom is -0.497 e. The highest BCUT2D eigenvalue weighted by molar-refractivity contribution is 14.0. The molecule has 0 bridgehead atoms. The average Bonchev–Trinajstić information content (AvgIpc) is 2.91. The number of hydrogen-bond donors (Lipinski definition) is 2. The first-order chi connectivity index (χ1) is 11.6. The summed E-state index contributed by atoms with van der Waals surface area (Å²) in [5, 5.41) is 7.70. The Bertz CT molecular complexity index is 651. The number of nitrogens with zero attached hydrogens (tertiary/aromatic N) is 2. The second-order valence-electron chi connectivity index (χ2n) is 5.47. The van der Waals surface area contributed by atoms with Crippen molar-refractivity contribution in [3.63, 3.8) is 0 Å². The molecular weight excluding hydrogens is 447 g/mol. The van der Waals surface area contributed by atoms with Crippen LogP contribution in [-0.4, -0.2) is 31.1 Å². The molecule has 0 unspecified atom stereocenters. The van der Waals surface area contributed by atoms with Crippen LogP contribution in [0.2, 0.25) is 0 Å². The third-order valence-electron chi connectivity index (χ3n) is 3.65. The van der Waals surface area contributed by atoms with Gasteiger partial charge in [-0.2, -0.15) is 0 Å². The third-order valence-corrected chi connectivity index (χ3v) is 4.71. The molecular formula is C18H27IN4OS. The Morgan fingerprint density at radius 3 is 2.48 bits per heavy atom. The molecule has 1 aromatic heterocycles.